The Morgan fingerprint density at radius 1 is 0.645 bits per heavy atom. The van der Waals surface area contributed by atoms with Gasteiger partial charge in [0, 0.05) is 39.2 Å². The van der Waals surface area contributed by atoms with Crippen molar-refractivity contribution in [1.82, 2.24) is 14.3 Å². The third kappa shape index (κ3) is 8.48. The first-order chi connectivity index (χ1) is 37.3. The molecule has 10 aromatic rings. The molecule has 0 bridgehead atoms. The zero-order chi connectivity index (χ0) is 51.9. The second-order valence-corrected chi connectivity index (χ2v) is 20.9. The van der Waals surface area contributed by atoms with Gasteiger partial charge >= 0.3 is 13.7 Å². The largest absolute Gasteiger partial charge is 0.508 e. The molecule has 0 saturated heterocycles. The van der Waals surface area contributed by atoms with Crippen LogP contribution in [0.4, 0.5) is 5.69 Å². The van der Waals surface area contributed by atoms with Gasteiger partial charge in [-0.1, -0.05) is 155 Å². The fourth-order valence-corrected chi connectivity index (χ4v) is 13.2. The van der Waals surface area contributed by atoms with E-state index in [2.05, 4.69) is 75.3 Å². The van der Waals surface area contributed by atoms with Crippen LogP contribution in [0.1, 0.15) is 22.2 Å². The zero-order valence-electron chi connectivity index (χ0n) is 41.3. The van der Waals surface area contributed by atoms with Gasteiger partial charge in [-0.15, -0.1) is 11.3 Å². The number of nitrogens with one attached hydrogen (secondary N) is 1. The molecule has 3 N–H and O–H groups in total. The van der Waals surface area contributed by atoms with E-state index in [9.17, 15) is 20.7 Å². The van der Waals surface area contributed by atoms with Crippen molar-refractivity contribution < 1.29 is 19.7 Å². The van der Waals surface area contributed by atoms with Crippen LogP contribution in [-0.2, 0) is 0 Å². The highest BCUT2D eigenvalue weighted by Crippen LogP contribution is 2.50. The average molecular weight is 1020 g/mol. The van der Waals surface area contributed by atoms with Crippen molar-refractivity contribution in [3.63, 3.8) is 0 Å². The minimum absolute atomic E-state index is 0.0907. The molecule has 2 aliphatic rings. The molecule has 8 aromatic carbocycles. The summed E-state index contributed by atoms with van der Waals surface area (Å²) in [5, 5.41) is 51.8. The number of phenols is 2. The minimum atomic E-state index is -0.807. The van der Waals surface area contributed by atoms with Crippen LogP contribution in [0.2, 0.25) is 0 Å². The van der Waals surface area contributed by atoms with Gasteiger partial charge in [0.05, 0.1) is 58.9 Å². The molecule has 76 heavy (non-hydrogen) atoms. The number of nitrogens with zero attached hydrogens (tertiary/aromatic N) is 5. The van der Waals surface area contributed by atoms with Gasteiger partial charge < -0.3 is 34.3 Å². The molecule has 4 heterocycles. The van der Waals surface area contributed by atoms with E-state index >= 15 is 0 Å². The highest BCUT2D eigenvalue weighted by Gasteiger charge is 2.50. The molecule has 0 fully saturated rings. The standard InChI is InChI=1S/C62H46B2N6O4S2/c1-73-47-31-33-53-51(35-47)67-61(75-53)49(37-65)59-55-56(58(40-25-29-46(72)30-26-40)69(59)63(41-15-7-3-8-16-41)42-17-9-4-10-18-42)60(50(38-66)62-68-52-36-48(74-2)32-34-54(52)76-62)70(57(55)39-23-27-45(71)28-24-39)64(43-19-11-5-12-20-43)44-21-13-6-14-22-44/h3-36,49,59,61,67,71-72H,1-2H3/b60-50-. The molecule has 366 valence electrons. The number of thioether (sulfide) groups is 1. The summed E-state index contributed by atoms with van der Waals surface area (Å²) >= 11 is 3.04. The highest BCUT2D eigenvalue weighted by molar-refractivity contribution is 8.00. The van der Waals surface area contributed by atoms with Gasteiger partial charge in [-0.2, -0.15) is 10.5 Å². The fourth-order valence-electron chi connectivity index (χ4n) is 11.0. The molecule has 12 rings (SSSR count). The van der Waals surface area contributed by atoms with E-state index in [1.807, 2.05) is 133 Å². The number of aromatic nitrogens is 2. The lowest BCUT2D eigenvalue weighted by molar-refractivity contribution is 0.374. The number of aromatic hydroxyl groups is 2. The fraction of sp³-hybridized carbons (Fsp3) is 0.0806. The lowest BCUT2D eigenvalue weighted by atomic mass is 9.48. The van der Waals surface area contributed by atoms with Crippen LogP contribution < -0.4 is 47.2 Å². The van der Waals surface area contributed by atoms with Crippen molar-refractivity contribution in [2.75, 3.05) is 19.5 Å². The molecule has 14 heteroatoms. The number of nitriles is 2. The van der Waals surface area contributed by atoms with E-state index in [0.29, 0.717) is 32.9 Å². The molecule has 10 nitrogen and oxygen atoms in total. The van der Waals surface area contributed by atoms with E-state index in [0.717, 1.165) is 70.4 Å². The predicted octanol–water partition coefficient (Wildman–Crippen LogP) is 8.57. The summed E-state index contributed by atoms with van der Waals surface area (Å²) in [6.07, 6.45) is 0. The van der Waals surface area contributed by atoms with Gasteiger partial charge in [-0.3, -0.25) is 0 Å². The molecule has 2 aromatic heterocycles. The minimum Gasteiger partial charge on any atom is -0.508 e. The third-order valence-electron chi connectivity index (χ3n) is 14.3. The van der Waals surface area contributed by atoms with Crippen LogP contribution in [0.15, 0.2) is 211 Å². The van der Waals surface area contributed by atoms with Crippen LogP contribution >= 0.6 is 23.1 Å². The summed E-state index contributed by atoms with van der Waals surface area (Å²) in [4.78, 5) is 8.65. The molecule has 0 spiro atoms. The Bertz CT molecular complexity index is 3920. The normalized spacial score (nSPS) is 15.2. The second-order valence-electron chi connectivity index (χ2n) is 18.6. The Balaban J connectivity index is 1.33. The van der Waals surface area contributed by atoms with Crippen LogP contribution in [0, 0.1) is 28.6 Å². The Hall–Kier alpha value is -9.07. The number of benzene rings is 8. The van der Waals surface area contributed by atoms with Gasteiger partial charge in [0.25, 0.3) is 0 Å². The number of rotatable bonds is 13. The molecule has 3 atom stereocenters. The van der Waals surface area contributed by atoms with E-state index < -0.39 is 31.0 Å². The zero-order valence-corrected chi connectivity index (χ0v) is 42.9. The lowest BCUT2D eigenvalue weighted by Gasteiger charge is -2.41. The molecule has 0 radical (unpaired) electrons. The van der Waals surface area contributed by atoms with Gasteiger partial charge in [-0.25, -0.2) is 4.98 Å². The van der Waals surface area contributed by atoms with Crippen molar-refractivity contribution in [2.24, 2.45) is 5.92 Å². The number of hydrogen-bond acceptors (Lipinski definition) is 11. The number of phenolic OH excluding ortho intramolecular Hbond substituents is 2. The summed E-state index contributed by atoms with van der Waals surface area (Å²) in [5.74, 6) is 0.712. The van der Waals surface area contributed by atoms with Crippen LogP contribution in [0.5, 0.6) is 23.0 Å². The van der Waals surface area contributed by atoms with Crippen molar-refractivity contribution in [3.8, 4) is 46.4 Å². The topological polar surface area (TPSA) is 140 Å². The number of ether oxygens (including phenoxy) is 2. The number of methoxy groups -OCH3 is 2. The van der Waals surface area contributed by atoms with E-state index in [-0.39, 0.29) is 11.5 Å². The van der Waals surface area contributed by atoms with Crippen LogP contribution in [0.25, 0.3) is 32.7 Å². The van der Waals surface area contributed by atoms with Crippen LogP contribution in [-0.4, -0.2) is 57.8 Å². The van der Waals surface area contributed by atoms with E-state index in [4.69, 9.17) is 14.5 Å². The van der Waals surface area contributed by atoms with Gasteiger partial charge in [0.2, 0.25) is 0 Å². The third-order valence-corrected chi connectivity index (χ3v) is 16.7. The maximum absolute atomic E-state index is 12.3. The quantitative estimate of drug-likeness (QED) is 0.0964. The Labute approximate surface area is 448 Å². The summed E-state index contributed by atoms with van der Waals surface area (Å²) in [6.45, 7) is -1.07. The number of fused-ring (bicyclic) bond motifs is 3. The lowest BCUT2D eigenvalue weighted by Crippen LogP contribution is -2.58. The average Bonchev–Trinajstić information content (AvgIpc) is 4.25. The van der Waals surface area contributed by atoms with Crippen LogP contribution in [0.3, 0.4) is 0 Å². The Kier molecular flexibility index (Phi) is 12.8. The summed E-state index contributed by atoms with van der Waals surface area (Å²) in [5.41, 5.74) is 9.58. The Morgan fingerprint density at radius 2 is 1.17 bits per heavy atom. The second kappa shape index (κ2) is 20.3. The SMILES string of the molecule is COc1ccc2c(c1)NC(C(C#N)C1c3c(-c4ccc(O)cc4)n(B(c4ccccc4)c4ccccc4)/c(=C(/C#N)c4nc5cc(OC)ccc5s4)c3=C(c3ccc(O)cc3)N1B(c1ccccc1)c1ccccc1)S2. The number of anilines is 1. The molecule has 0 aliphatic carbocycles. The van der Waals surface area contributed by atoms with E-state index in [1.54, 1.807) is 50.2 Å². The number of thiazole rings is 1. The van der Waals surface area contributed by atoms with Crippen molar-refractivity contribution in [1.29, 1.82) is 10.5 Å². The predicted molar refractivity (Wildman–Crippen MR) is 307 cm³/mol. The van der Waals surface area contributed by atoms with Crippen molar-refractivity contribution in [2.45, 2.75) is 16.3 Å². The summed E-state index contributed by atoms with van der Waals surface area (Å²) < 4.78 is 14.6. The maximum Gasteiger partial charge on any atom is 0.328 e. The number of hydrogen-bond donors (Lipinski definition) is 3. The molecule has 3 unspecified atom stereocenters. The van der Waals surface area contributed by atoms with Crippen molar-refractivity contribution in [3.05, 3.63) is 233 Å². The Morgan fingerprint density at radius 3 is 1.71 bits per heavy atom. The summed E-state index contributed by atoms with van der Waals surface area (Å²) in [6, 6.07) is 72.4. The first-order valence-electron chi connectivity index (χ1n) is 24.8. The van der Waals surface area contributed by atoms with Gasteiger partial charge in [-0.05, 0) is 83.9 Å². The molecular weight excluding hydrogens is 978 g/mol. The van der Waals surface area contributed by atoms with Crippen molar-refractivity contribution >= 4 is 85.8 Å². The van der Waals surface area contributed by atoms with Gasteiger partial charge in [0.1, 0.15) is 39.6 Å². The molecular formula is C62H46B2N6O4S2. The highest BCUT2D eigenvalue weighted by atomic mass is 32.2. The van der Waals surface area contributed by atoms with Gasteiger partial charge in [0.15, 0.2) is 0 Å². The first kappa shape index (κ1) is 47.9. The maximum atomic E-state index is 12.3. The molecule has 0 amide bonds. The monoisotopic (exact) mass is 1020 g/mol. The van der Waals surface area contributed by atoms with E-state index in [1.165, 1.54) is 11.3 Å². The summed E-state index contributed by atoms with van der Waals surface area (Å²) in [7, 11) is 3.27. The molecule has 2 aliphatic heterocycles. The first-order valence-corrected chi connectivity index (χ1v) is 26.5. The smallest absolute Gasteiger partial charge is 0.328 e. The molecule has 0 saturated carbocycles.